The van der Waals surface area contributed by atoms with Gasteiger partial charge in [0.05, 0.1) is 6.61 Å². The molecule has 1 aromatic carbocycles. The lowest BCUT2D eigenvalue weighted by Gasteiger charge is -2.26. The van der Waals surface area contributed by atoms with Crippen molar-refractivity contribution in [3.05, 3.63) is 29.8 Å². The van der Waals surface area contributed by atoms with E-state index >= 15 is 0 Å². The second-order valence-electron chi connectivity index (χ2n) is 8.43. The van der Waals surface area contributed by atoms with E-state index in [1.807, 2.05) is 24.3 Å². The predicted molar refractivity (Wildman–Crippen MR) is 127 cm³/mol. The molecule has 0 bridgehead atoms. The van der Waals surface area contributed by atoms with Crippen LogP contribution in [0.3, 0.4) is 0 Å². The Hall–Kier alpha value is -2.19. The minimum Gasteiger partial charge on any atom is -0.494 e. The van der Waals surface area contributed by atoms with Gasteiger partial charge in [0.1, 0.15) is 5.75 Å². The molecule has 0 aliphatic heterocycles. The smallest absolute Gasteiger partial charge is 0.494 e. The summed E-state index contributed by atoms with van der Waals surface area (Å²) in [6.45, 7) is 3.53. The summed E-state index contributed by atoms with van der Waals surface area (Å²) >= 11 is 0. The quantitative estimate of drug-likeness (QED) is 0.149. The number of ether oxygens (including phenoxy) is 3. The highest BCUT2D eigenvalue weighted by Gasteiger charge is 2.46. The molecule has 0 aromatic heterocycles. The molecule has 8 nitrogen and oxygen atoms in total. The van der Waals surface area contributed by atoms with Crippen LogP contribution in [-0.2, 0) is 16.0 Å². The topological polar surface area (TPSA) is 114 Å². The largest absolute Gasteiger partial charge is 0.509 e. The van der Waals surface area contributed by atoms with Gasteiger partial charge in [-0.15, -0.1) is 12.4 Å². The normalized spacial score (nSPS) is 16.6. The highest BCUT2D eigenvalue weighted by atomic mass is 35.5. The first-order chi connectivity index (χ1) is 15.4. The summed E-state index contributed by atoms with van der Waals surface area (Å²) < 4.78 is 15.3. The lowest BCUT2D eigenvalue weighted by atomic mass is 10.1. The lowest BCUT2D eigenvalue weighted by Crippen LogP contribution is -2.39. The Kier molecular flexibility index (Phi) is 13.6. The van der Waals surface area contributed by atoms with Crippen LogP contribution in [0.2, 0.25) is 0 Å². The number of carbonyl (C=O) groups is 2. The molecule has 1 fully saturated rings. The molecule has 33 heavy (non-hydrogen) atoms. The number of hydrogen-bond acceptors (Lipinski definition) is 6. The van der Waals surface area contributed by atoms with Crippen molar-refractivity contribution in [2.75, 3.05) is 6.61 Å². The second kappa shape index (κ2) is 15.6. The van der Waals surface area contributed by atoms with E-state index in [-0.39, 0.29) is 31.3 Å². The van der Waals surface area contributed by atoms with Gasteiger partial charge >= 0.3 is 12.3 Å². The van der Waals surface area contributed by atoms with Crippen LogP contribution >= 0.6 is 12.4 Å². The summed E-state index contributed by atoms with van der Waals surface area (Å²) in [5.74, 6) is -0.788. The van der Waals surface area contributed by atoms with Gasteiger partial charge in [-0.2, -0.15) is 0 Å². The van der Waals surface area contributed by atoms with Gasteiger partial charge in [-0.1, -0.05) is 64.0 Å². The summed E-state index contributed by atoms with van der Waals surface area (Å²) in [4.78, 5) is 21.8. The molecule has 0 radical (unpaired) electrons. The number of unbranched alkanes of at least 4 members (excludes halogenated alkanes) is 7. The maximum Gasteiger partial charge on any atom is 0.509 e. The molecule has 2 rings (SSSR count). The van der Waals surface area contributed by atoms with E-state index in [9.17, 15) is 9.59 Å². The average molecular weight is 488 g/mol. The summed E-state index contributed by atoms with van der Waals surface area (Å²) in [7, 11) is 0. The van der Waals surface area contributed by atoms with Gasteiger partial charge in [-0.05, 0) is 30.5 Å². The minimum atomic E-state index is -1.64. The number of hydrogen-bond donors (Lipinski definition) is 3. The third-order valence-corrected chi connectivity index (χ3v) is 5.76. The maximum absolute atomic E-state index is 10.9. The molecule has 0 saturated heterocycles. The summed E-state index contributed by atoms with van der Waals surface area (Å²) in [5, 5.41) is 21.1. The van der Waals surface area contributed by atoms with Crippen LogP contribution in [0.15, 0.2) is 24.3 Å². The molecule has 1 aliphatic rings. The van der Waals surface area contributed by atoms with E-state index < -0.39 is 18.1 Å². The fraction of sp³-hybridized carbons (Fsp3) is 0.667. The van der Waals surface area contributed by atoms with Gasteiger partial charge in [-0.25, -0.2) is 9.59 Å². The standard InChI is InChI=1S/C24H37NO7.ClH/c1-2-3-4-5-6-7-8-9-16-30-21-12-10-19(11-13-21)18-25-20-14-15-24(17-20,31-22(26)27)32-23(28)29;/h10-13,20,25H,2-9,14-18H2,1H3,(H,26,27)(H,28,29);1H. The van der Waals surface area contributed by atoms with Crippen LogP contribution in [0.5, 0.6) is 5.75 Å². The highest BCUT2D eigenvalue weighted by molar-refractivity contribution is 5.85. The zero-order chi connectivity index (χ0) is 23.2. The molecule has 1 saturated carbocycles. The van der Waals surface area contributed by atoms with Crippen molar-refractivity contribution < 1.29 is 34.0 Å². The van der Waals surface area contributed by atoms with Crippen molar-refractivity contribution in [3.8, 4) is 5.75 Å². The molecule has 0 amide bonds. The fourth-order valence-corrected chi connectivity index (χ4v) is 4.06. The Morgan fingerprint density at radius 1 is 0.970 bits per heavy atom. The molecular formula is C24H38ClNO7. The van der Waals surface area contributed by atoms with E-state index in [0.717, 1.165) is 24.3 Å². The van der Waals surface area contributed by atoms with Crippen LogP contribution in [0.4, 0.5) is 9.59 Å². The van der Waals surface area contributed by atoms with Crippen LogP contribution in [0.25, 0.3) is 0 Å². The first kappa shape index (κ1) is 28.8. The number of rotatable bonds is 15. The summed E-state index contributed by atoms with van der Waals surface area (Å²) in [5.41, 5.74) is 1.06. The fourth-order valence-electron chi connectivity index (χ4n) is 4.06. The van der Waals surface area contributed by atoms with Crippen molar-refractivity contribution in [2.24, 2.45) is 0 Å². The molecule has 188 valence electrons. The van der Waals surface area contributed by atoms with Gasteiger partial charge < -0.3 is 29.7 Å². The minimum absolute atomic E-state index is 0. The SMILES string of the molecule is CCCCCCCCCCOc1ccc(CNC2CCC(OC(=O)O)(OC(=O)O)C2)cc1.Cl. The van der Waals surface area contributed by atoms with Gasteiger partial charge in [0, 0.05) is 25.4 Å². The van der Waals surface area contributed by atoms with Crippen molar-refractivity contribution in [2.45, 2.75) is 95.9 Å². The van der Waals surface area contributed by atoms with Crippen molar-refractivity contribution >= 4 is 24.7 Å². The molecule has 1 aromatic rings. The maximum atomic E-state index is 10.9. The lowest BCUT2D eigenvalue weighted by molar-refractivity contribution is -0.177. The van der Waals surface area contributed by atoms with Crippen molar-refractivity contribution in [3.63, 3.8) is 0 Å². The van der Waals surface area contributed by atoms with E-state index in [4.69, 9.17) is 24.4 Å². The number of carboxylic acid groups (broad SMARTS) is 2. The third-order valence-electron chi connectivity index (χ3n) is 5.76. The number of halogens is 1. The van der Waals surface area contributed by atoms with Gasteiger partial charge in [0.15, 0.2) is 0 Å². The van der Waals surface area contributed by atoms with Crippen molar-refractivity contribution in [1.82, 2.24) is 5.32 Å². The molecule has 1 aliphatic carbocycles. The molecule has 0 spiro atoms. The Morgan fingerprint density at radius 2 is 1.55 bits per heavy atom. The van der Waals surface area contributed by atoms with Crippen LogP contribution in [0.1, 0.15) is 83.1 Å². The van der Waals surface area contributed by atoms with E-state index in [2.05, 4.69) is 12.2 Å². The van der Waals surface area contributed by atoms with Crippen LogP contribution < -0.4 is 10.1 Å². The zero-order valence-corrected chi connectivity index (χ0v) is 20.2. The average Bonchev–Trinajstić information content (AvgIpc) is 3.12. The first-order valence-corrected chi connectivity index (χ1v) is 11.7. The van der Waals surface area contributed by atoms with Gasteiger partial charge in [-0.3, -0.25) is 0 Å². The molecule has 0 heterocycles. The Bertz CT molecular complexity index is 683. The predicted octanol–water partition coefficient (Wildman–Crippen LogP) is 6.36. The van der Waals surface area contributed by atoms with Gasteiger partial charge in [0.25, 0.3) is 5.79 Å². The van der Waals surface area contributed by atoms with Crippen LogP contribution in [0, 0.1) is 0 Å². The zero-order valence-electron chi connectivity index (χ0n) is 19.4. The van der Waals surface area contributed by atoms with E-state index in [1.165, 1.54) is 44.9 Å². The van der Waals surface area contributed by atoms with E-state index in [0.29, 0.717) is 13.0 Å². The Balaban J connectivity index is 0.00000544. The highest BCUT2D eigenvalue weighted by Crippen LogP contribution is 2.35. The van der Waals surface area contributed by atoms with Crippen molar-refractivity contribution in [1.29, 1.82) is 0 Å². The monoisotopic (exact) mass is 487 g/mol. The second-order valence-corrected chi connectivity index (χ2v) is 8.43. The van der Waals surface area contributed by atoms with Crippen LogP contribution in [-0.4, -0.2) is 41.0 Å². The molecule has 1 atom stereocenters. The number of benzene rings is 1. The Morgan fingerprint density at radius 3 is 2.12 bits per heavy atom. The van der Waals surface area contributed by atoms with E-state index in [1.54, 1.807) is 0 Å². The summed E-state index contributed by atoms with van der Waals surface area (Å²) in [6, 6.07) is 7.76. The number of nitrogens with one attached hydrogen (secondary N) is 1. The van der Waals surface area contributed by atoms with Gasteiger partial charge in [0.2, 0.25) is 0 Å². The molecule has 9 heteroatoms. The molecule has 1 unspecified atom stereocenters. The Labute approximate surface area is 202 Å². The third kappa shape index (κ3) is 11.5. The summed E-state index contributed by atoms with van der Waals surface area (Å²) in [6.07, 6.45) is 7.97. The molecule has 3 N–H and O–H groups in total. The first-order valence-electron chi connectivity index (χ1n) is 11.7. The molecular weight excluding hydrogens is 450 g/mol.